The van der Waals surface area contributed by atoms with Gasteiger partial charge in [0.05, 0.1) is 19.5 Å². The number of halogens is 1. The molecule has 11 heteroatoms. The SMILES string of the molecule is COc1nc(N2CC3(CN(C)C3)C2)ncc1Nc1ncc(Cl)c(Nc2ccccc2P(C)C)n1. The van der Waals surface area contributed by atoms with Gasteiger partial charge in [-0.05, 0) is 31.7 Å². The van der Waals surface area contributed by atoms with E-state index < -0.39 is 0 Å². The van der Waals surface area contributed by atoms with Crippen LogP contribution in [-0.2, 0) is 0 Å². The number of ether oxygens (including phenoxy) is 1. The van der Waals surface area contributed by atoms with Crippen LogP contribution in [0.15, 0.2) is 36.7 Å². The molecule has 0 atom stereocenters. The first-order valence-corrected chi connectivity index (χ1v) is 13.6. The van der Waals surface area contributed by atoms with Crippen LogP contribution in [0.1, 0.15) is 0 Å². The second kappa shape index (κ2) is 9.13. The van der Waals surface area contributed by atoms with Crippen molar-refractivity contribution in [3.63, 3.8) is 0 Å². The Morgan fingerprint density at radius 1 is 1.00 bits per heavy atom. The lowest BCUT2D eigenvalue weighted by molar-refractivity contribution is -0.00328. The first-order chi connectivity index (χ1) is 16.4. The quantitative estimate of drug-likeness (QED) is 0.474. The molecule has 2 aromatic heterocycles. The van der Waals surface area contributed by atoms with Crippen LogP contribution in [-0.4, -0.2) is 78.5 Å². The topological polar surface area (TPSA) is 91.3 Å². The molecule has 0 aliphatic carbocycles. The summed E-state index contributed by atoms with van der Waals surface area (Å²) in [5.41, 5.74) is 1.97. The molecule has 34 heavy (non-hydrogen) atoms. The van der Waals surface area contributed by atoms with Crippen LogP contribution in [0.2, 0.25) is 5.02 Å². The number of nitrogens with one attached hydrogen (secondary N) is 2. The summed E-state index contributed by atoms with van der Waals surface area (Å²) in [4.78, 5) is 22.6. The molecule has 1 aromatic carbocycles. The van der Waals surface area contributed by atoms with E-state index in [-0.39, 0.29) is 7.92 Å². The summed E-state index contributed by atoms with van der Waals surface area (Å²) in [5, 5.41) is 8.21. The number of likely N-dealkylation sites (tertiary alicyclic amines) is 1. The van der Waals surface area contributed by atoms with Crippen molar-refractivity contribution < 1.29 is 4.74 Å². The molecule has 2 N–H and O–H groups in total. The minimum Gasteiger partial charge on any atom is -0.479 e. The summed E-state index contributed by atoms with van der Waals surface area (Å²) in [7, 11) is 3.45. The minimum absolute atomic E-state index is 0.292. The number of nitrogens with zero attached hydrogens (tertiary/aromatic N) is 6. The molecule has 0 amide bonds. The molecule has 1 spiro atoms. The fraction of sp³-hybridized carbons (Fsp3) is 0.391. The Hall–Kier alpha value is -2.74. The van der Waals surface area contributed by atoms with Crippen molar-refractivity contribution in [3.8, 4) is 5.88 Å². The van der Waals surface area contributed by atoms with E-state index in [1.54, 1.807) is 19.5 Å². The van der Waals surface area contributed by atoms with E-state index in [2.05, 4.69) is 66.8 Å². The fourth-order valence-electron chi connectivity index (χ4n) is 4.69. The van der Waals surface area contributed by atoms with Gasteiger partial charge in [-0.2, -0.15) is 9.97 Å². The predicted octanol–water partition coefficient (Wildman–Crippen LogP) is 3.53. The number of aromatic nitrogens is 4. The Labute approximate surface area is 205 Å². The highest BCUT2D eigenvalue weighted by Gasteiger charge is 2.51. The van der Waals surface area contributed by atoms with Gasteiger partial charge >= 0.3 is 0 Å². The summed E-state index contributed by atoms with van der Waals surface area (Å²) in [6.45, 7) is 8.64. The zero-order valence-electron chi connectivity index (χ0n) is 19.7. The largest absolute Gasteiger partial charge is 0.479 e. The van der Waals surface area contributed by atoms with Crippen molar-refractivity contribution in [3.05, 3.63) is 41.7 Å². The number of benzene rings is 1. The number of hydrogen-bond acceptors (Lipinski definition) is 9. The first-order valence-electron chi connectivity index (χ1n) is 11.0. The van der Waals surface area contributed by atoms with Crippen LogP contribution in [0.5, 0.6) is 5.88 Å². The molecule has 0 unspecified atom stereocenters. The normalized spacial score (nSPS) is 16.8. The van der Waals surface area contributed by atoms with E-state index in [0.717, 1.165) is 31.9 Å². The summed E-state index contributed by atoms with van der Waals surface area (Å²) < 4.78 is 5.53. The minimum atomic E-state index is -0.292. The second-order valence-corrected chi connectivity index (χ2v) is 11.9. The van der Waals surface area contributed by atoms with Gasteiger partial charge in [0.1, 0.15) is 10.7 Å². The maximum atomic E-state index is 6.40. The molecule has 178 valence electrons. The second-order valence-electron chi connectivity index (χ2n) is 9.17. The third kappa shape index (κ3) is 4.48. The van der Waals surface area contributed by atoms with E-state index in [4.69, 9.17) is 16.3 Å². The lowest BCUT2D eigenvalue weighted by Crippen LogP contribution is -2.71. The number of para-hydroxylation sites is 1. The number of methoxy groups -OCH3 is 1. The third-order valence-electron chi connectivity index (χ3n) is 6.11. The highest BCUT2D eigenvalue weighted by molar-refractivity contribution is 7.64. The third-order valence-corrected chi connectivity index (χ3v) is 7.74. The number of anilines is 5. The Morgan fingerprint density at radius 2 is 1.76 bits per heavy atom. The van der Waals surface area contributed by atoms with Crippen molar-refractivity contribution in [2.24, 2.45) is 5.41 Å². The molecule has 2 fully saturated rings. The first kappa shape index (κ1) is 23.0. The molecule has 3 aromatic rings. The summed E-state index contributed by atoms with van der Waals surface area (Å²) in [6.07, 6.45) is 3.28. The highest BCUT2D eigenvalue weighted by Crippen LogP contribution is 2.41. The zero-order chi connectivity index (χ0) is 23.9. The monoisotopic (exact) mass is 498 g/mol. The molecule has 0 bridgehead atoms. The van der Waals surface area contributed by atoms with Gasteiger partial charge in [0.25, 0.3) is 0 Å². The van der Waals surface area contributed by atoms with Crippen molar-refractivity contribution in [1.29, 1.82) is 0 Å². The van der Waals surface area contributed by atoms with E-state index in [1.807, 2.05) is 18.2 Å². The van der Waals surface area contributed by atoms with Crippen LogP contribution < -0.4 is 25.6 Å². The maximum Gasteiger partial charge on any atom is 0.242 e. The van der Waals surface area contributed by atoms with Gasteiger partial charge in [-0.15, -0.1) is 0 Å². The van der Waals surface area contributed by atoms with Crippen LogP contribution >= 0.6 is 19.5 Å². The van der Waals surface area contributed by atoms with Gasteiger partial charge in [0, 0.05) is 37.3 Å². The van der Waals surface area contributed by atoms with E-state index in [0.29, 0.717) is 39.7 Å². The highest BCUT2D eigenvalue weighted by atomic mass is 35.5. The van der Waals surface area contributed by atoms with Gasteiger partial charge in [0.15, 0.2) is 5.82 Å². The lowest BCUT2D eigenvalue weighted by Gasteiger charge is -2.59. The Kier molecular flexibility index (Phi) is 6.18. The maximum absolute atomic E-state index is 6.40. The standard InChI is InChI=1S/C23H28ClN8OP/c1-31-11-23(12-31)13-32(14-23)22-26-10-17(20(30-22)33-2)28-21-25-9-15(24)19(29-21)27-16-7-5-6-8-18(16)34(3)4/h5-10H,11-14H2,1-4H3,(H2,25,27,28,29). The molecular formula is C23H28ClN8OP. The molecule has 2 aliphatic rings. The molecule has 0 saturated carbocycles. The van der Waals surface area contributed by atoms with Gasteiger partial charge in [0.2, 0.25) is 17.8 Å². The van der Waals surface area contributed by atoms with Gasteiger partial charge in [-0.3, -0.25) is 0 Å². The molecule has 5 rings (SSSR count). The van der Waals surface area contributed by atoms with Crippen LogP contribution in [0, 0.1) is 5.41 Å². The van der Waals surface area contributed by atoms with E-state index in [9.17, 15) is 0 Å². The lowest BCUT2D eigenvalue weighted by atomic mass is 9.73. The molecular weight excluding hydrogens is 471 g/mol. The molecule has 4 heterocycles. The summed E-state index contributed by atoms with van der Waals surface area (Å²) >= 11 is 6.40. The summed E-state index contributed by atoms with van der Waals surface area (Å²) in [6, 6.07) is 8.18. The summed E-state index contributed by atoms with van der Waals surface area (Å²) in [5.74, 6) is 2.01. The molecule has 2 aliphatic heterocycles. The van der Waals surface area contributed by atoms with Crippen LogP contribution in [0.3, 0.4) is 0 Å². The van der Waals surface area contributed by atoms with Crippen molar-refractivity contribution >= 4 is 53.9 Å². The Morgan fingerprint density at radius 3 is 2.47 bits per heavy atom. The van der Waals surface area contributed by atoms with E-state index in [1.165, 1.54) is 5.30 Å². The van der Waals surface area contributed by atoms with Crippen LogP contribution in [0.4, 0.5) is 29.1 Å². The smallest absolute Gasteiger partial charge is 0.242 e. The van der Waals surface area contributed by atoms with Gasteiger partial charge < -0.3 is 25.2 Å². The Balaban J connectivity index is 1.32. The predicted molar refractivity (Wildman–Crippen MR) is 139 cm³/mol. The number of hydrogen-bond donors (Lipinski definition) is 2. The van der Waals surface area contributed by atoms with Gasteiger partial charge in [-0.25, -0.2) is 9.97 Å². The molecule has 2 saturated heterocycles. The van der Waals surface area contributed by atoms with Crippen molar-refractivity contribution in [1.82, 2.24) is 24.8 Å². The average Bonchev–Trinajstić information content (AvgIpc) is 2.78. The van der Waals surface area contributed by atoms with Crippen LogP contribution in [0.25, 0.3) is 0 Å². The molecule has 9 nitrogen and oxygen atoms in total. The zero-order valence-corrected chi connectivity index (χ0v) is 21.4. The van der Waals surface area contributed by atoms with E-state index >= 15 is 0 Å². The van der Waals surface area contributed by atoms with Crippen molar-refractivity contribution in [2.75, 3.05) is 69.2 Å². The Bertz CT molecular complexity index is 1200. The fourth-order valence-corrected chi connectivity index (χ4v) is 5.82. The van der Waals surface area contributed by atoms with Gasteiger partial charge in [-0.1, -0.05) is 37.7 Å². The average molecular weight is 499 g/mol. The van der Waals surface area contributed by atoms with Crippen molar-refractivity contribution in [2.45, 2.75) is 0 Å². The molecule has 0 radical (unpaired) electrons. The number of rotatable bonds is 7.